The average Bonchev–Trinajstić information content (AvgIpc) is 2.82. The molecule has 0 radical (unpaired) electrons. The molecular weight excluding hydrogens is 244 g/mol. The molecule has 6 heteroatoms. The zero-order valence-electron chi connectivity index (χ0n) is 10.5. The van der Waals surface area contributed by atoms with Gasteiger partial charge in [0.2, 0.25) is 0 Å². The van der Waals surface area contributed by atoms with Crippen LogP contribution in [0.5, 0.6) is 0 Å². The average molecular weight is 260 g/mol. The van der Waals surface area contributed by atoms with Gasteiger partial charge in [-0.25, -0.2) is 5.01 Å². The number of nitrogens with two attached hydrogens (primary N) is 1. The van der Waals surface area contributed by atoms with Crippen molar-refractivity contribution in [3.05, 3.63) is 30.0 Å². The van der Waals surface area contributed by atoms with Crippen LogP contribution in [0.15, 0.2) is 24.4 Å². The van der Waals surface area contributed by atoms with Crippen LogP contribution in [-0.2, 0) is 4.74 Å². The maximum absolute atomic E-state index is 12.2. The van der Waals surface area contributed by atoms with Gasteiger partial charge in [0.25, 0.3) is 5.91 Å². The number of H-pyrrole nitrogens is 1. The molecular formula is C13H16N4O2. The van der Waals surface area contributed by atoms with Gasteiger partial charge in [-0.3, -0.25) is 10.2 Å². The molecule has 4 N–H and O–H groups in total. The Hall–Kier alpha value is -2.05. The summed E-state index contributed by atoms with van der Waals surface area (Å²) in [5.74, 6) is -0.113. The maximum atomic E-state index is 12.2. The second-order valence-electron chi connectivity index (χ2n) is 4.55. The Morgan fingerprint density at radius 1 is 1.37 bits per heavy atom. The highest BCUT2D eigenvalue weighted by Gasteiger charge is 2.17. The van der Waals surface area contributed by atoms with Crippen LogP contribution in [0.25, 0.3) is 10.9 Å². The van der Waals surface area contributed by atoms with Crippen molar-refractivity contribution in [1.82, 2.24) is 15.4 Å². The molecule has 1 saturated heterocycles. The minimum atomic E-state index is -0.113. The molecule has 1 aromatic heterocycles. The molecule has 3 rings (SSSR count). The van der Waals surface area contributed by atoms with E-state index < -0.39 is 0 Å². The first-order valence-corrected chi connectivity index (χ1v) is 6.24. The summed E-state index contributed by atoms with van der Waals surface area (Å²) in [6, 6.07) is 5.47. The van der Waals surface area contributed by atoms with Crippen LogP contribution < -0.4 is 11.2 Å². The molecule has 0 spiro atoms. The lowest BCUT2D eigenvalue weighted by atomic mass is 10.1. The van der Waals surface area contributed by atoms with Gasteiger partial charge in [0, 0.05) is 35.9 Å². The predicted octanol–water partition coefficient (Wildman–Crippen LogP) is 0.727. The molecule has 100 valence electrons. The summed E-state index contributed by atoms with van der Waals surface area (Å²) in [7, 11) is 0. The number of hydrogen-bond donors (Lipinski definition) is 3. The van der Waals surface area contributed by atoms with E-state index in [2.05, 4.69) is 10.4 Å². The summed E-state index contributed by atoms with van der Waals surface area (Å²) < 4.78 is 5.24. The highest BCUT2D eigenvalue weighted by molar-refractivity contribution is 6.07. The van der Waals surface area contributed by atoms with Gasteiger partial charge in [0.1, 0.15) is 0 Å². The lowest BCUT2D eigenvalue weighted by Crippen LogP contribution is -2.48. The van der Waals surface area contributed by atoms with Gasteiger partial charge in [-0.15, -0.1) is 0 Å². The lowest BCUT2D eigenvalue weighted by Gasteiger charge is -2.26. The SMILES string of the molecule is Nc1ccc2c(C(=O)NN3CCOCC3)c[nH]c2c1. The van der Waals surface area contributed by atoms with E-state index in [1.807, 2.05) is 17.1 Å². The number of carbonyl (C=O) groups excluding carboxylic acids is 1. The van der Waals surface area contributed by atoms with E-state index in [-0.39, 0.29) is 5.91 Å². The lowest BCUT2D eigenvalue weighted by molar-refractivity contribution is 0.0127. The van der Waals surface area contributed by atoms with E-state index in [1.54, 1.807) is 12.3 Å². The van der Waals surface area contributed by atoms with Crippen LogP contribution in [0, 0.1) is 0 Å². The Kier molecular flexibility index (Phi) is 3.10. The number of hydrogen-bond acceptors (Lipinski definition) is 4. The molecule has 1 aliphatic rings. The fourth-order valence-corrected chi connectivity index (χ4v) is 2.21. The molecule has 19 heavy (non-hydrogen) atoms. The number of carbonyl (C=O) groups is 1. The Morgan fingerprint density at radius 3 is 2.95 bits per heavy atom. The monoisotopic (exact) mass is 260 g/mol. The molecule has 1 fully saturated rings. The van der Waals surface area contributed by atoms with Crippen molar-refractivity contribution >= 4 is 22.5 Å². The maximum Gasteiger partial charge on any atom is 0.267 e. The van der Waals surface area contributed by atoms with Gasteiger partial charge in [-0.1, -0.05) is 0 Å². The van der Waals surface area contributed by atoms with Gasteiger partial charge in [-0.05, 0) is 18.2 Å². The number of rotatable bonds is 2. The quantitative estimate of drug-likeness (QED) is 0.695. The van der Waals surface area contributed by atoms with Gasteiger partial charge in [0.05, 0.1) is 18.8 Å². The first-order chi connectivity index (χ1) is 9.24. The number of amides is 1. The van der Waals surface area contributed by atoms with Crippen LogP contribution >= 0.6 is 0 Å². The van der Waals surface area contributed by atoms with Crippen LogP contribution in [-0.4, -0.2) is 42.2 Å². The molecule has 0 atom stereocenters. The van der Waals surface area contributed by atoms with Crippen molar-refractivity contribution in [1.29, 1.82) is 0 Å². The number of morpholine rings is 1. The van der Waals surface area contributed by atoms with Gasteiger partial charge >= 0.3 is 0 Å². The van der Waals surface area contributed by atoms with E-state index in [9.17, 15) is 4.79 Å². The number of nitrogens with one attached hydrogen (secondary N) is 2. The zero-order chi connectivity index (χ0) is 13.2. The van der Waals surface area contributed by atoms with Crippen LogP contribution in [0.2, 0.25) is 0 Å². The number of fused-ring (bicyclic) bond motifs is 1. The summed E-state index contributed by atoms with van der Waals surface area (Å²) in [5, 5.41) is 2.75. The van der Waals surface area contributed by atoms with Crippen molar-refractivity contribution in [3.8, 4) is 0 Å². The van der Waals surface area contributed by atoms with E-state index in [0.29, 0.717) is 37.6 Å². The summed E-state index contributed by atoms with van der Waals surface area (Å²) in [4.78, 5) is 15.3. The van der Waals surface area contributed by atoms with Gasteiger partial charge in [0.15, 0.2) is 0 Å². The number of aromatic nitrogens is 1. The molecule has 1 amide bonds. The molecule has 2 heterocycles. The Balaban J connectivity index is 1.81. The van der Waals surface area contributed by atoms with Crippen molar-refractivity contribution in [2.24, 2.45) is 0 Å². The minimum Gasteiger partial charge on any atom is -0.399 e. The minimum absolute atomic E-state index is 0.113. The molecule has 0 unspecified atom stereocenters. The number of anilines is 1. The Morgan fingerprint density at radius 2 is 2.16 bits per heavy atom. The fourth-order valence-electron chi connectivity index (χ4n) is 2.21. The highest BCUT2D eigenvalue weighted by atomic mass is 16.5. The number of benzene rings is 1. The van der Waals surface area contributed by atoms with Crippen molar-refractivity contribution in [2.75, 3.05) is 32.0 Å². The first-order valence-electron chi connectivity index (χ1n) is 6.24. The third-order valence-electron chi connectivity index (χ3n) is 3.22. The first kappa shape index (κ1) is 12.0. The topological polar surface area (TPSA) is 83.4 Å². The molecule has 0 saturated carbocycles. The standard InChI is InChI=1S/C13H16N4O2/c14-9-1-2-10-11(8-15-12(10)7-9)13(18)16-17-3-5-19-6-4-17/h1-2,7-8,15H,3-6,14H2,(H,16,18). The van der Waals surface area contributed by atoms with Crippen molar-refractivity contribution in [2.45, 2.75) is 0 Å². The molecule has 0 aliphatic carbocycles. The Bertz CT molecular complexity index is 602. The van der Waals surface area contributed by atoms with E-state index in [4.69, 9.17) is 10.5 Å². The highest BCUT2D eigenvalue weighted by Crippen LogP contribution is 2.20. The van der Waals surface area contributed by atoms with Crippen molar-refractivity contribution < 1.29 is 9.53 Å². The molecule has 2 aromatic rings. The Labute approximate surface area is 110 Å². The number of nitrogens with zero attached hydrogens (tertiary/aromatic N) is 1. The van der Waals surface area contributed by atoms with Crippen LogP contribution in [0.4, 0.5) is 5.69 Å². The smallest absolute Gasteiger partial charge is 0.267 e. The third kappa shape index (κ3) is 2.40. The summed E-state index contributed by atoms with van der Waals surface area (Å²) >= 11 is 0. The summed E-state index contributed by atoms with van der Waals surface area (Å²) in [6.45, 7) is 2.71. The van der Waals surface area contributed by atoms with Gasteiger partial charge < -0.3 is 15.5 Å². The van der Waals surface area contributed by atoms with E-state index in [1.165, 1.54) is 0 Å². The molecule has 0 bridgehead atoms. The number of nitrogen functional groups attached to an aromatic ring is 1. The molecule has 1 aliphatic heterocycles. The zero-order valence-corrected chi connectivity index (χ0v) is 10.5. The predicted molar refractivity (Wildman–Crippen MR) is 72.6 cm³/mol. The van der Waals surface area contributed by atoms with Crippen molar-refractivity contribution in [3.63, 3.8) is 0 Å². The van der Waals surface area contributed by atoms with E-state index >= 15 is 0 Å². The van der Waals surface area contributed by atoms with Gasteiger partial charge in [-0.2, -0.15) is 0 Å². The fraction of sp³-hybridized carbons (Fsp3) is 0.308. The van der Waals surface area contributed by atoms with Crippen LogP contribution in [0.1, 0.15) is 10.4 Å². The van der Waals surface area contributed by atoms with Crippen LogP contribution in [0.3, 0.4) is 0 Å². The number of ether oxygens (including phenoxy) is 1. The number of aromatic amines is 1. The number of hydrazine groups is 1. The third-order valence-corrected chi connectivity index (χ3v) is 3.22. The molecule has 1 aromatic carbocycles. The normalized spacial score (nSPS) is 16.6. The largest absolute Gasteiger partial charge is 0.399 e. The summed E-state index contributed by atoms with van der Waals surface area (Å²) in [5.41, 5.74) is 10.8. The molecule has 6 nitrogen and oxygen atoms in total. The van der Waals surface area contributed by atoms with E-state index in [0.717, 1.165) is 10.9 Å². The second kappa shape index (κ2) is 4.91. The summed E-state index contributed by atoms with van der Waals surface area (Å²) in [6.07, 6.45) is 1.71. The second-order valence-corrected chi connectivity index (χ2v) is 4.55.